The van der Waals surface area contributed by atoms with Crippen molar-refractivity contribution >= 4 is 23.6 Å². The number of hydrogen-bond acceptors (Lipinski definition) is 3. The van der Waals surface area contributed by atoms with Crippen LogP contribution in [0, 0.1) is 11.3 Å². The molecule has 2 aliphatic rings. The number of rotatable bonds is 4. The molecule has 1 saturated carbocycles. The van der Waals surface area contributed by atoms with Crippen LogP contribution in [0.5, 0.6) is 0 Å². The monoisotopic (exact) mass is 340 g/mol. The molecule has 1 aliphatic carbocycles. The number of piperidine rings is 1. The van der Waals surface area contributed by atoms with Crippen LogP contribution in [-0.2, 0) is 9.59 Å². The average Bonchev–Trinajstić information content (AvgIpc) is 2.93. The molecule has 0 spiro atoms. The molecule has 1 saturated heterocycles. The van der Waals surface area contributed by atoms with Gasteiger partial charge in [-0.1, -0.05) is 34.1 Å². The first kappa shape index (κ1) is 18.6. The maximum atomic E-state index is 12.7. The van der Waals surface area contributed by atoms with Gasteiger partial charge in [-0.15, -0.1) is 0 Å². The minimum Gasteiger partial charge on any atom is -0.352 e. The highest BCUT2D eigenvalue weighted by atomic mass is 32.2. The molecule has 0 radical (unpaired) electrons. The number of carbonyl (C=O) groups is 2. The van der Waals surface area contributed by atoms with E-state index in [1.54, 1.807) is 0 Å². The molecule has 23 heavy (non-hydrogen) atoms. The second kappa shape index (κ2) is 7.91. The topological polar surface area (TPSA) is 49.4 Å². The van der Waals surface area contributed by atoms with Crippen LogP contribution in [0.3, 0.4) is 0 Å². The summed E-state index contributed by atoms with van der Waals surface area (Å²) in [7, 11) is 0. The molecule has 1 aliphatic heterocycles. The minimum atomic E-state index is -0.368. The summed E-state index contributed by atoms with van der Waals surface area (Å²) in [5.41, 5.74) is -0.368. The molecule has 0 aromatic carbocycles. The van der Waals surface area contributed by atoms with Gasteiger partial charge in [-0.3, -0.25) is 9.59 Å². The fourth-order valence-corrected chi connectivity index (χ4v) is 4.85. The summed E-state index contributed by atoms with van der Waals surface area (Å²) >= 11 is 1.97. The Morgan fingerprint density at radius 2 is 1.91 bits per heavy atom. The molecule has 2 amide bonds. The molecule has 3 atom stereocenters. The van der Waals surface area contributed by atoms with Crippen LogP contribution in [0.4, 0.5) is 0 Å². The quantitative estimate of drug-likeness (QED) is 0.856. The molecule has 132 valence electrons. The number of thioether (sulfide) groups is 1. The first-order valence-electron chi connectivity index (χ1n) is 9.04. The summed E-state index contributed by atoms with van der Waals surface area (Å²) in [4.78, 5) is 27.0. The van der Waals surface area contributed by atoms with Gasteiger partial charge in [-0.05, 0) is 31.4 Å². The SMILES string of the molecule is CCS[C@@H]1CCC[C@H]1NC(=O)[C@H]1CCCN(C(=O)C(C)(C)C)C1. The van der Waals surface area contributed by atoms with E-state index in [1.165, 1.54) is 12.8 Å². The van der Waals surface area contributed by atoms with Crippen molar-refractivity contribution < 1.29 is 9.59 Å². The molecule has 4 nitrogen and oxygen atoms in total. The molecule has 1 heterocycles. The van der Waals surface area contributed by atoms with Gasteiger partial charge in [0.1, 0.15) is 0 Å². The smallest absolute Gasteiger partial charge is 0.227 e. The van der Waals surface area contributed by atoms with Crippen LogP contribution >= 0.6 is 11.8 Å². The molecule has 0 aromatic heterocycles. The van der Waals surface area contributed by atoms with E-state index in [0.29, 0.717) is 17.8 Å². The Kier molecular flexibility index (Phi) is 6.40. The van der Waals surface area contributed by atoms with Crippen molar-refractivity contribution in [3.63, 3.8) is 0 Å². The lowest BCUT2D eigenvalue weighted by Crippen LogP contribution is -2.50. The molecule has 0 aromatic rings. The third-order valence-electron chi connectivity index (χ3n) is 4.88. The van der Waals surface area contributed by atoms with Gasteiger partial charge in [0.05, 0.1) is 5.92 Å². The lowest BCUT2D eigenvalue weighted by molar-refractivity contribution is -0.142. The Morgan fingerprint density at radius 1 is 1.17 bits per heavy atom. The van der Waals surface area contributed by atoms with Crippen LogP contribution in [0.2, 0.25) is 0 Å². The molecule has 0 unspecified atom stereocenters. The van der Waals surface area contributed by atoms with Gasteiger partial charge in [0.25, 0.3) is 0 Å². The van der Waals surface area contributed by atoms with Crippen molar-refractivity contribution in [2.24, 2.45) is 11.3 Å². The summed E-state index contributed by atoms with van der Waals surface area (Å²) in [6, 6.07) is 0.321. The van der Waals surface area contributed by atoms with Crippen molar-refractivity contribution in [2.45, 2.75) is 71.1 Å². The summed E-state index contributed by atoms with van der Waals surface area (Å²) in [5.74, 6) is 1.39. The van der Waals surface area contributed by atoms with Gasteiger partial charge in [0.2, 0.25) is 11.8 Å². The second-order valence-corrected chi connectivity index (χ2v) is 9.40. The second-order valence-electron chi connectivity index (χ2n) is 7.88. The van der Waals surface area contributed by atoms with Crippen molar-refractivity contribution in [2.75, 3.05) is 18.8 Å². The Morgan fingerprint density at radius 3 is 2.57 bits per heavy atom. The van der Waals surface area contributed by atoms with Gasteiger partial charge < -0.3 is 10.2 Å². The van der Waals surface area contributed by atoms with E-state index in [1.807, 2.05) is 37.4 Å². The first-order chi connectivity index (χ1) is 10.8. The summed E-state index contributed by atoms with van der Waals surface area (Å²) in [6.45, 7) is 9.40. The highest BCUT2D eigenvalue weighted by Crippen LogP contribution is 2.30. The third-order valence-corrected chi connectivity index (χ3v) is 6.21. The van der Waals surface area contributed by atoms with Crippen LogP contribution in [0.15, 0.2) is 0 Å². The van der Waals surface area contributed by atoms with Crippen molar-refractivity contribution in [3.05, 3.63) is 0 Å². The van der Waals surface area contributed by atoms with E-state index >= 15 is 0 Å². The van der Waals surface area contributed by atoms with E-state index in [-0.39, 0.29) is 23.1 Å². The molecule has 2 fully saturated rings. The highest BCUT2D eigenvalue weighted by molar-refractivity contribution is 7.99. The lowest BCUT2D eigenvalue weighted by Gasteiger charge is -2.36. The molecular formula is C18H32N2O2S. The van der Waals surface area contributed by atoms with Crippen LogP contribution in [-0.4, -0.2) is 46.8 Å². The van der Waals surface area contributed by atoms with Crippen molar-refractivity contribution in [3.8, 4) is 0 Å². The maximum absolute atomic E-state index is 12.7. The average molecular weight is 341 g/mol. The summed E-state index contributed by atoms with van der Waals surface area (Å²) in [6.07, 6.45) is 5.35. The van der Waals surface area contributed by atoms with Gasteiger partial charge in [0, 0.05) is 29.8 Å². The van der Waals surface area contributed by atoms with Gasteiger partial charge in [-0.2, -0.15) is 11.8 Å². The van der Waals surface area contributed by atoms with E-state index < -0.39 is 0 Å². The maximum Gasteiger partial charge on any atom is 0.227 e. The first-order valence-corrected chi connectivity index (χ1v) is 10.1. The van der Waals surface area contributed by atoms with Gasteiger partial charge in [-0.25, -0.2) is 0 Å². The predicted octanol–water partition coefficient (Wildman–Crippen LogP) is 3.06. The Balaban J connectivity index is 1.90. The van der Waals surface area contributed by atoms with Gasteiger partial charge >= 0.3 is 0 Å². The zero-order chi connectivity index (χ0) is 17.0. The zero-order valence-corrected chi connectivity index (χ0v) is 15.9. The Bertz CT molecular complexity index is 433. The van der Waals surface area contributed by atoms with E-state index in [9.17, 15) is 9.59 Å². The lowest BCUT2D eigenvalue weighted by atomic mass is 9.90. The molecule has 2 rings (SSSR count). The summed E-state index contributed by atoms with van der Waals surface area (Å²) < 4.78 is 0. The van der Waals surface area contributed by atoms with Crippen LogP contribution in [0.25, 0.3) is 0 Å². The third kappa shape index (κ3) is 4.88. The number of likely N-dealkylation sites (tertiary alicyclic amines) is 1. The fraction of sp³-hybridized carbons (Fsp3) is 0.889. The van der Waals surface area contributed by atoms with Gasteiger partial charge in [0.15, 0.2) is 0 Å². The Hall–Kier alpha value is -0.710. The minimum absolute atomic E-state index is 0.0390. The van der Waals surface area contributed by atoms with Crippen LogP contribution < -0.4 is 5.32 Å². The number of hydrogen-bond donors (Lipinski definition) is 1. The number of nitrogens with zero attached hydrogens (tertiary/aromatic N) is 1. The zero-order valence-electron chi connectivity index (χ0n) is 15.1. The molecule has 5 heteroatoms. The van der Waals surface area contributed by atoms with E-state index in [2.05, 4.69) is 12.2 Å². The molecular weight excluding hydrogens is 308 g/mol. The van der Waals surface area contributed by atoms with Crippen LogP contribution in [0.1, 0.15) is 59.8 Å². The van der Waals surface area contributed by atoms with Crippen molar-refractivity contribution in [1.82, 2.24) is 10.2 Å². The highest BCUT2D eigenvalue weighted by Gasteiger charge is 2.35. The normalized spacial score (nSPS) is 28.7. The molecule has 0 bridgehead atoms. The van der Waals surface area contributed by atoms with E-state index in [4.69, 9.17) is 0 Å². The van der Waals surface area contributed by atoms with Crippen molar-refractivity contribution in [1.29, 1.82) is 0 Å². The largest absolute Gasteiger partial charge is 0.352 e. The summed E-state index contributed by atoms with van der Waals surface area (Å²) in [5, 5.41) is 3.85. The fourth-order valence-electron chi connectivity index (χ4n) is 3.66. The number of nitrogens with one attached hydrogen (secondary N) is 1. The van der Waals surface area contributed by atoms with E-state index in [0.717, 1.165) is 31.6 Å². The standard InChI is InChI=1S/C18H32N2O2S/c1-5-23-15-10-6-9-14(15)19-16(21)13-8-7-11-20(12-13)17(22)18(2,3)4/h13-15H,5-12H2,1-4H3,(H,19,21)/t13-,14+,15+/m0/s1. The number of amides is 2. The molecule has 1 N–H and O–H groups in total. The number of carbonyl (C=O) groups excluding carboxylic acids is 2. The predicted molar refractivity (Wildman–Crippen MR) is 96.5 cm³/mol. The Labute approximate surface area is 145 Å².